The number of amides is 1. The number of rotatable bonds is 4. The molecule has 1 saturated carbocycles. The van der Waals surface area contributed by atoms with Crippen molar-refractivity contribution >= 4 is 5.91 Å². The Bertz CT molecular complexity index is 705. The van der Waals surface area contributed by atoms with Crippen LogP contribution in [0.5, 0.6) is 5.75 Å². The number of aromatic nitrogens is 2. The maximum absolute atomic E-state index is 13.4. The lowest BCUT2D eigenvalue weighted by Crippen LogP contribution is -2.44. The molecule has 1 N–H and O–H groups in total. The van der Waals surface area contributed by atoms with Crippen molar-refractivity contribution in [3.8, 4) is 5.75 Å². The summed E-state index contributed by atoms with van der Waals surface area (Å²) in [5, 5.41) is 7.13. The van der Waals surface area contributed by atoms with E-state index in [1.54, 1.807) is 13.3 Å². The van der Waals surface area contributed by atoms with E-state index in [4.69, 9.17) is 4.74 Å². The van der Waals surface area contributed by atoms with Gasteiger partial charge >= 0.3 is 0 Å². The smallest absolute Gasteiger partial charge is 0.233 e. The second-order valence-corrected chi connectivity index (χ2v) is 6.83. The number of hydrogen-bond acceptors (Lipinski definition) is 3. The van der Waals surface area contributed by atoms with Crippen molar-refractivity contribution in [2.24, 2.45) is 0 Å². The molecule has 1 atom stereocenters. The number of hydrogen-bond donors (Lipinski definition) is 1. The molecule has 0 unspecified atom stereocenters. The number of piperidine rings is 1. The number of aromatic amines is 1. The van der Waals surface area contributed by atoms with Crippen LogP contribution in [0, 0.1) is 0 Å². The van der Waals surface area contributed by atoms with Crippen LogP contribution in [0.4, 0.5) is 0 Å². The van der Waals surface area contributed by atoms with E-state index in [9.17, 15) is 4.79 Å². The predicted molar refractivity (Wildman–Crippen MR) is 90.8 cm³/mol. The summed E-state index contributed by atoms with van der Waals surface area (Å²) < 4.78 is 5.24. The Morgan fingerprint density at radius 3 is 2.67 bits per heavy atom. The van der Waals surface area contributed by atoms with Crippen LogP contribution < -0.4 is 4.74 Å². The van der Waals surface area contributed by atoms with Crippen LogP contribution in [0.1, 0.15) is 49.4 Å². The lowest BCUT2D eigenvalue weighted by atomic mass is 9.91. The summed E-state index contributed by atoms with van der Waals surface area (Å²) >= 11 is 0. The van der Waals surface area contributed by atoms with Crippen molar-refractivity contribution in [2.45, 2.75) is 43.6 Å². The van der Waals surface area contributed by atoms with Crippen LogP contribution in [-0.4, -0.2) is 34.7 Å². The zero-order chi connectivity index (χ0) is 16.6. The maximum Gasteiger partial charge on any atom is 0.233 e. The fourth-order valence-corrected chi connectivity index (χ4v) is 3.89. The van der Waals surface area contributed by atoms with Gasteiger partial charge < -0.3 is 9.64 Å². The average molecular weight is 325 g/mol. The molecular formula is C19H23N3O2. The van der Waals surface area contributed by atoms with Crippen LogP contribution in [0.15, 0.2) is 36.5 Å². The molecule has 2 aromatic rings. The molecular weight excluding hydrogens is 302 g/mol. The van der Waals surface area contributed by atoms with E-state index in [1.807, 2.05) is 30.3 Å². The lowest BCUT2D eigenvalue weighted by molar-refractivity contribution is -0.138. The van der Waals surface area contributed by atoms with Gasteiger partial charge in [-0.05, 0) is 55.9 Å². The van der Waals surface area contributed by atoms with E-state index in [-0.39, 0.29) is 17.4 Å². The van der Waals surface area contributed by atoms with E-state index in [1.165, 1.54) is 0 Å². The van der Waals surface area contributed by atoms with Gasteiger partial charge in [0.25, 0.3) is 0 Å². The molecule has 0 bridgehead atoms. The average Bonchev–Trinajstić information content (AvgIpc) is 3.27. The van der Waals surface area contributed by atoms with Crippen molar-refractivity contribution < 1.29 is 9.53 Å². The first-order chi connectivity index (χ1) is 11.7. The summed E-state index contributed by atoms with van der Waals surface area (Å²) in [7, 11) is 1.66. The molecule has 0 radical (unpaired) electrons. The summed E-state index contributed by atoms with van der Waals surface area (Å²) in [4.78, 5) is 15.5. The van der Waals surface area contributed by atoms with Crippen molar-refractivity contribution in [1.29, 1.82) is 0 Å². The minimum Gasteiger partial charge on any atom is -0.497 e. The van der Waals surface area contributed by atoms with Gasteiger partial charge in [-0.3, -0.25) is 9.89 Å². The summed E-state index contributed by atoms with van der Waals surface area (Å²) in [5.74, 6) is 1.10. The van der Waals surface area contributed by atoms with Gasteiger partial charge in [0.1, 0.15) is 5.75 Å². The minimum atomic E-state index is -0.331. The van der Waals surface area contributed by atoms with Crippen LogP contribution in [0.2, 0.25) is 0 Å². The second-order valence-electron chi connectivity index (χ2n) is 6.83. The Morgan fingerprint density at radius 1 is 1.25 bits per heavy atom. The number of ether oxygens (including phenoxy) is 1. The fourth-order valence-electron chi connectivity index (χ4n) is 3.89. The Balaban J connectivity index is 1.61. The maximum atomic E-state index is 13.4. The monoisotopic (exact) mass is 325 g/mol. The number of H-pyrrole nitrogens is 1. The zero-order valence-corrected chi connectivity index (χ0v) is 14.0. The first-order valence-corrected chi connectivity index (χ1v) is 8.69. The third-order valence-electron chi connectivity index (χ3n) is 5.45. The predicted octanol–water partition coefficient (Wildman–Crippen LogP) is 3.20. The lowest BCUT2D eigenvalue weighted by Gasteiger charge is -2.37. The van der Waals surface area contributed by atoms with Crippen molar-refractivity contribution in [1.82, 2.24) is 15.1 Å². The number of likely N-dealkylation sites (tertiary alicyclic amines) is 1. The molecule has 1 aromatic heterocycles. The Morgan fingerprint density at radius 2 is 2.04 bits per heavy atom. The molecule has 2 aliphatic rings. The molecule has 5 nitrogen and oxygen atoms in total. The molecule has 126 valence electrons. The summed E-state index contributed by atoms with van der Waals surface area (Å²) in [5.41, 5.74) is 1.83. The summed E-state index contributed by atoms with van der Waals surface area (Å²) in [6.07, 6.45) is 6.88. The largest absolute Gasteiger partial charge is 0.497 e. The number of nitrogens with zero attached hydrogens (tertiary/aromatic N) is 2. The Kier molecular flexibility index (Phi) is 3.79. The third kappa shape index (κ3) is 2.48. The van der Waals surface area contributed by atoms with Gasteiger partial charge in [0.05, 0.1) is 24.3 Å². The standard InChI is InChI=1S/C19H23N3O2/c1-24-15-7-5-14(6-8-15)19(10-11-19)18(23)22-13-3-2-4-17(22)16-9-12-20-21-16/h5-9,12,17H,2-4,10-11,13H2,1H3,(H,20,21)/t17-/m0/s1. The molecule has 1 saturated heterocycles. The molecule has 1 amide bonds. The first-order valence-electron chi connectivity index (χ1n) is 8.69. The van der Waals surface area contributed by atoms with Gasteiger partial charge in [0.2, 0.25) is 5.91 Å². The van der Waals surface area contributed by atoms with Crippen LogP contribution in [0.3, 0.4) is 0 Å². The van der Waals surface area contributed by atoms with E-state index >= 15 is 0 Å². The summed E-state index contributed by atoms with van der Waals surface area (Å²) in [6, 6.07) is 10.1. The number of methoxy groups -OCH3 is 1. The van der Waals surface area contributed by atoms with Gasteiger partial charge in [-0.25, -0.2) is 0 Å². The zero-order valence-electron chi connectivity index (χ0n) is 14.0. The van der Waals surface area contributed by atoms with Crippen LogP contribution in [0.25, 0.3) is 0 Å². The number of carbonyl (C=O) groups is 1. The van der Waals surface area contributed by atoms with Gasteiger partial charge in [-0.1, -0.05) is 12.1 Å². The highest BCUT2D eigenvalue weighted by molar-refractivity contribution is 5.91. The second kappa shape index (κ2) is 5.96. The third-order valence-corrected chi connectivity index (χ3v) is 5.45. The SMILES string of the molecule is COc1ccc(C2(C(=O)N3CCCC[C@H]3c3ccn[nH]3)CC2)cc1. The highest BCUT2D eigenvalue weighted by Crippen LogP contribution is 2.51. The molecule has 24 heavy (non-hydrogen) atoms. The van der Waals surface area contributed by atoms with Crippen molar-refractivity contribution in [2.75, 3.05) is 13.7 Å². The molecule has 1 aliphatic heterocycles. The highest BCUT2D eigenvalue weighted by Gasteiger charge is 2.54. The van der Waals surface area contributed by atoms with Crippen LogP contribution in [-0.2, 0) is 10.2 Å². The molecule has 4 rings (SSSR count). The first kappa shape index (κ1) is 15.2. The van der Waals surface area contributed by atoms with Gasteiger partial charge in [-0.2, -0.15) is 5.10 Å². The molecule has 1 aromatic carbocycles. The molecule has 0 spiro atoms. The molecule has 1 aliphatic carbocycles. The number of nitrogens with one attached hydrogen (secondary N) is 1. The number of benzene rings is 1. The Labute approximate surface area is 142 Å². The van der Waals surface area contributed by atoms with Gasteiger partial charge in [0.15, 0.2) is 0 Å². The number of carbonyl (C=O) groups excluding carboxylic acids is 1. The Hall–Kier alpha value is -2.30. The van der Waals surface area contributed by atoms with E-state index < -0.39 is 0 Å². The van der Waals surface area contributed by atoms with E-state index in [0.29, 0.717) is 0 Å². The van der Waals surface area contributed by atoms with Crippen LogP contribution >= 0.6 is 0 Å². The normalized spacial score (nSPS) is 22.2. The quantitative estimate of drug-likeness (QED) is 0.939. The molecule has 5 heteroatoms. The van der Waals surface area contributed by atoms with Gasteiger partial charge in [-0.15, -0.1) is 0 Å². The topological polar surface area (TPSA) is 58.2 Å². The summed E-state index contributed by atoms with van der Waals surface area (Å²) in [6.45, 7) is 0.834. The van der Waals surface area contributed by atoms with E-state index in [2.05, 4.69) is 15.1 Å². The van der Waals surface area contributed by atoms with E-state index in [0.717, 1.165) is 55.7 Å². The fraction of sp³-hybridized carbons (Fsp3) is 0.474. The molecule has 2 fully saturated rings. The van der Waals surface area contributed by atoms with Crippen molar-refractivity contribution in [3.63, 3.8) is 0 Å². The minimum absolute atomic E-state index is 0.129. The molecule has 2 heterocycles. The highest BCUT2D eigenvalue weighted by atomic mass is 16.5. The van der Waals surface area contributed by atoms with Crippen molar-refractivity contribution in [3.05, 3.63) is 47.8 Å². The van der Waals surface area contributed by atoms with Gasteiger partial charge in [0, 0.05) is 12.7 Å².